The third kappa shape index (κ3) is 2.36. The summed E-state index contributed by atoms with van der Waals surface area (Å²) in [4.78, 5) is 5.56. The van der Waals surface area contributed by atoms with Gasteiger partial charge in [-0.2, -0.15) is 10.5 Å². The van der Waals surface area contributed by atoms with Crippen LogP contribution < -0.4 is 10.6 Å². The lowest BCUT2D eigenvalue weighted by Crippen LogP contribution is -2.24. The Bertz CT molecular complexity index is 371. The van der Waals surface area contributed by atoms with Crippen LogP contribution in [-0.2, 0) is 0 Å². The first kappa shape index (κ1) is 9.82. The molecule has 0 fully saturated rings. The lowest BCUT2D eigenvalue weighted by Gasteiger charge is -2.16. The minimum atomic E-state index is 0.129. The SMILES string of the molecule is N#CCN(CC#N)c1cccc(N)n1. The molecule has 5 nitrogen and oxygen atoms in total. The van der Waals surface area contributed by atoms with Crippen molar-refractivity contribution in [3.8, 4) is 12.1 Å². The van der Waals surface area contributed by atoms with E-state index in [-0.39, 0.29) is 13.1 Å². The van der Waals surface area contributed by atoms with Crippen molar-refractivity contribution in [3.05, 3.63) is 18.2 Å². The molecule has 0 radical (unpaired) electrons. The van der Waals surface area contributed by atoms with Crippen LogP contribution in [0.3, 0.4) is 0 Å². The van der Waals surface area contributed by atoms with Gasteiger partial charge >= 0.3 is 0 Å². The second-order valence-electron chi connectivity index (χ2n) is 2.59. The van der Waals surface area contributed by atoms with Gasteiger partial charge in [-0.3, -0.25) is 0 Å². The Morgan fingerprint density at radius 2 is 1.93 bits per heavy atom. The minimum absolute atomic E-state index is 0.129. The van der Waals surface area contributed by atoms with Gasteiger partial charge in [0.1, 0.15) is 24.7 Å². The summed E-state index contributed by atoms with van der Waals surface area (Å²) in [5.41, 5.74) is 5.49. The molecule has 0 spiro atoms. The first-order valence-corrected chi connectivity index (χ1v) is 3.99. The summed E-state index contributed by atoms with van der Waals surface area (Å²) in [5.74, 6) is 0.927. The standard InChI is InChI=1S/C9H9N5/c10-4-6-14(7-5-11)9-3-1-2-8(12)13-9/h1-3H,6-7H2,(H2,12,13). The summed E-state index contributed by atoms with van der Waals surface area (Å²) in [6, 6.07) is 9.03. The van der Waals surface area contributed by atoms with E-state index in [4.69, 9.17) is 16.3 Å². The highest BCUT2D eigenvalue weighted by molar-refractivity contribution is 5.46. The van der Waals surface area contributed by atoms with Gasteiger partial charge < -0.3 is 10.6 Å². The second-order valence-corrected chi connectivity index (χ2v) is 2.59. The fourth-order valence-corrected chi connectivity index (χ4v) is 1.00. The molecule has 0 aliphatic rings. The number of aromatic nitrogens is 1. The maximum atomic E-state index is 8.53. The average Bonchev–Trinajstić information content (AvgIpc) is 2.17. The van der Waals surface area contributed by atoms with Crippen LogP contribution in [0.5, 0.6) is 0 Å². The summed E-state index contributed by atoms with van der Waals surface area (Å²) in [6.07, 6.45) is 0. The number of nitrogens with zero attached hydrogens (tertiary/aromatic N) is 4. The van der Waals surface area contributed by atoms with E-state index in [1.54, 1.807) is 23.1 Å². The number of hydrogen-bond acceptors (Lipinski definition) is 5. The molecule has 0 aliphatic heterocycles. The molecule has 14 heavy (non-hydrogen) atoms. The number of rotatable bonds is 3. The number of pyridine rings is 1. The molecule has 0 aromatic carbocycles. The Balaban J connectivity index is 2.89. The molecule has 1 rings (SSSR count). The Labute approximate surface area is 82.0 Å². The molecule has 1 aromatic heterocycles. The van der Waals surface area contributed by atoms with Crippen molar-refractivity contribution in [1.82, 2.24) is 4.98 Å². The van der Waals surface area contributed by atoms with Gasteiger partial charge in [-0.1, -0.05) is 6.07 Å². The van der Waals surface area contributed by atoms with Crippen LogP contribution in [0.2, 0.25) is 0 Å². The zero-order chi connectivity index (χ0) is 10.4. The molecule has 0 saturated carbocycles. The predicted molar refractivity (Wildman–Crippen MR) is 52.1 cm³/mol. The normalized spacial score (nSPS) is 8.71. The van der Waals surface area contributed by atoms with Gasteiger partial charge in [-0.25, -0.2) is 4.98 Å². The van der Waals surface area contributed by atoms with Crippen molar-refractivity contribution in [2.75, 3.05) is 23.7 Å². The first-order valence-electron chi connectivity index (χ1n) is 3.99. The van der Waals surface area contributed by atoms with E-state index in [1.165, 1.54) is 0 Å². The third-order valence-electron chi connectivity index (χ3n) is 1.60. The van der Waals surface area contributed by atoms with Crippen LogP contribution in [-0.4, -0.2) is 18.1 Å². The molecule has 0 atom stereocenters. The minimum Gasteiger partial charge on any atom is -0.384 e. The molecule has 0 amide bonds. The monoisotopic (exact) mass is 187 g/mol. The van der Waals surface area contributed by atoms with Gasteiger partial charge in [-0.15, -0.1) is 0 Å². The Hall–Kier alpha value is -2.27. The highest BCUT2D eigenvalue weighted by Crippen LogP contribution is 2.11. The molecule has 5 heteroatoms. The molecular formula is C9H9N5. The quantitative estimate of drug-likeness (QED) is 0.696. The lowest BCUT2D eigenvalue weighted by atomic mass is 10.4. The summed E-state index contributed by atoms with van der Waals surface area (Å²) in [5, 5.41) is 17.1. The van der Waals surface area contributed by atoms with Crippen LogP contribution in [0.25, 0.3) is 0 Å². The fourth-order valence-electron chi connectivity index (χ4n) is 1.00. The second kappa shape index (κ2) is 4.68. The van der Waals surface area contributed by atoms with Gasteiger partial charge in [0, 0.05) is 0 Å². The number of hydrogen-bond donors (Lipinski definition) is 1. The van der Waals surface area contributed by atoms with Gasteiger partial charge in [0.25, 0.3) is 0 Å². The van der Waals surface area contributed by atoms with Gasteiger partial charge in [0.15, 0.2) is 0 Å². The molecule has 1 aromatic rings. The van der Waals surface area contributed by atoms with E-state index in [0.29, 0.717) is 11.6 Å². The van der Waals surface area contributed by atoms with Crippen LogP contribution in [0.1, 0.15) is 0 Å². The van der Waals surface area contributed by atoms with E-state index in [1.807, 2.05) is 12.1 Å². The Morgan fingerprint density at radius 3 is 2.43 bits per heavy atom. The number of nitrogens with two attached hydrogens (primary N) is 1. The van der Waals surface area contributed by atoms with Crippen LogP contribution in [0.15, 0.2) is 18.2 Å². The van der Waals surface area contributed by atoms with E-state index in [9.17, 15) is 0 Å². The summed E-state index contributed by atoms with van der Waals surface area (Å²) in [7, 11) is 0. The summed E-state index contributed by atoms with van der Waals surface area (Å²) >= 11 is 0. The molecular weight excluding hydrogens is 178 g/mol. The largest absolute Gasteiger partial charge is 0.384 e. The molecule has 70 valence electrons. The molecule has 0 unspecified atom stereocenters. The maximum absolute atomic E-state index is 8.53. The smallest absolute Gasteiger partial charge is 0.132 e. The van der Waals surface area contributed by atoms with E-state index in [2.05, 4.69) is 4.98 Å². The zero-order valence-corrected chi connectivity index (χ0v) is 7.51. The zero-order valence-electron chi connectivity index (χ0n) is 7.51. The van der Waals surface area contributed by atoms with Crippen LogP contribution >= 0.6 is 0 Å². The molecule has 0 aliphatic carbocycles. The van der Waals surface area contributed by atoms with Crippen molar-refractivity contribution >= 4 is 11.6 Å². The van der Waals surface area contributed by atoms with Crippen molar-refractivity contribution in [1.29, 1.82) is 10.5 Å². The van der Waals surface area contributed by atoms with Crippen molar-refractivity contribution < 1.29 is 0 Å². The molecule has 2 N–H and O–H groups in total. The van der Waals surface area contributed by atoms with E-state index in [0.717, 1.165) is 0 Å². The lowest BCUT2D eigenvalue weighted by molar-refractivity contribution is 0.937. The van der Waals surface area contributed by atoms with Crippen molar-refractivity contribution in [2.24, 2.45) is 0 Å². The highest BCUT2D eigenvalue weighted by atomic mass is 15.2. The summed E-state index contributed by atoms with van der Waals surface area (Å²) in [6.45, 7) is 0.258. The molecule has 1 heterocycles. The van der Waals surface area contributed by atoms with E-state index < -0.39 is 0 Å². The fraction of sp³-hybridized carbons (Fsp3) is 0.222. The van der Waals surface area contributed by atoms with Crippen molar-refractivity contribution in [3.63, 3.8) is 0 Å². The third-order valence-corrected chi connectivity index (χ3v) is 1.60. The van der Waals surface area contributed by atoms with E-state index >= 15 is 0 Å². The van der Waals surface area contributed by atoms with Crippen LogP contribution in [0, 0.1) is 22.7 Å². The highest BCUT2D eigenvalue weighted by Gasteiger charge is 2.06. The Morgan fingerprint density at radius 1 is 1.29 bits per heavy atom. The number of anilines is 2. The van der Waals surface area contributed by atoms with Gasteiger partial charge in [0.2, 0.25) is 0 Å². The van der Waals surface area contributed by atoms with Gasteiger partial charge in [-0.05, 0) is 12.1 Å². The molecule has 0 saturated heterocycles. The number of nitrogen functional groups attached to an aromatic ring is 1. The Kier molecular flexibility index (Phi) is 3.28. The summed E-state index contributed by atoms with van der Waals surface area (Å²) < 4.78 is 0. The van der Waals surface area contributed by atoms with Gasteiger partial charge in [0.05, 0.1) is 12.1 Å². The average molecular weight is 187 g/mol. The molecule has 0 bridgehead atoms. The maximum Gasteiger partial charge on any atom is 0.132 e. The first-order chi connectivity index (χ1) is 6.77. The predicted octanol–water partition coefficient (Wildman–Crippen LogP) is 0.517. The van der Waals surface area contributed by atoms with Crippen LogP contribution in [0.4, 0.5) is 11.6 Å². The van der Waals surface area contributed by atoms with Crippen molar-refractivity contribution in [2.45, 2.75) is 0 Å². The topological polar surface area (TPSA) is 89.7 Å². The number of nitriles is 2.